The number of ether oxygens (including phenoxy) is 1. The average Bonchev–Trinajstić information content (AvgIpc) is 2.59. The maximum absolute atomic E-state index is 12.4. The Kier molecular flexibility index (Phi) is 5.43. The van der Waals surface area contributed by atoms with Gasteiger partial charge in [-0.3, -0.25) is 14.9 Å². The van der Waals surface area contributed by atoms with Gasteiger partial charge >= 0.3 is 0 Å². The van der Waals surface area contributed by atoms with Crippen molar-refractivity contribution >= 4 is 17.2 Å². The molecule has 0 aliphatic carbocycles. The predicted molar refractivity (Wildman–Crippen MR) is 87.9 cm³/mol. The zero-order valence-corrected chi connectivity index (χ0v) is 13.0. The number of anilines is 1. The number of methoxy groups -OCH3 is 1. The first-order chi connectivity index (χ1) is 11.0. The first-order valence-electron chi connectivity index (χ1n) is 7.17. The summed E-state index contributed by atoms with van der Waals surface area (Å²) >= 11 is 0. The largest absolute Gasteiger partial charge is 0.380 e. The molecule has 0 aromatic heterocycles. The quantitative estimate of drug-likeness (QED) is 0.482. The van der Waals surface area contributed by atoms with E-state index in [0.717, 1.165) is 0 Å². The van der Waals surface area contributed by atoms with Crippen LogP contribution >= 0.6 is 0 Å². The van der Waals surface area contributed by atoms with E-state index in [0.29, 0.717) is 17.8 Å². The Morgan fingerprint density at radius 3 is 2.52 bits per heavy atom. The van der Waals surface area contributed by atoms with Gasteiger partial charge in [0, 0.05) is 30.8 Å². The van der Waals surface area contributed by atoms with Crippen LogP contribution in [-0.2, 0) is 4.74 Å². The van der Waals surface area contributed by atoms with E-state index in [9.17, 15) is 14.9 Å². The second-order valence-electron chi connectivity index (χ2n) is 5.11. The summed E-state index contributed by atoms with van der Waals surface area (Å²) in [5, 5.41) is 14.2. The first-order valence-corrected chi connectivity index (χ1v) is 7.17. The lowest BCUT2D eigenvalue weighted by atomic mass is 10.0. The molecule has 0 saturated heterocycles. The predicted octanol–water partition coefficient (Wildman–Crippen LogP) is 3.27. The second kappa shape index (κ2) is 7.51. The number of rotatable bonds is 7. The molecule has 0 fully saturated rings. The molecule has 1 N–H and O–H groups in total. The molecule has 0 spiro atoms. The average molecular weight is 314 g/mol. The summed E-state index contributed by atoms with van der Waals surface area (Å²) in [6.45, 7) is 2.29. The van der Waals surface area contributed by atoms with Crippen LogP contribution in [0.1, 0.15) is 22.8 Å². The molecule has 0 bridgehead atoms. The van der Waals surface area contributed by atoms with Crippen molar-refractivity contribution in [3.63, 3.8) is 0 Å². The van der Waals surface area contributed by atoms with Crippen LogP contribution < -0.4 is 5.32 Å². The molecule has 0 amide bonds. The van der Waals surface area contributed by atoms with Gasteiger partial charge in [-0.1, -0.05) is 30.3 Å². The zero-order valence-electron chi connectivity index (χ0n) is 13.0. The summed E-state index contributed by atoms with van der Waals surface area (Å²) < 4.78 is 5.11. The molecule has 0 saturated carbocycles. The highest BCUT2D eigenvalue weighted by Crippen LogP contribution is 2.26. The topological polar surface area (TPSA) is 81.5 Å². The number of hydrogen-bond acceptors (Lipinski definition) is 5. The van der Waals surface area contributed by atoms with Gasteiger partial charge in [-0.15, -0.1) is 0 Å². The first kappa shape index (κ1) is 16.6. The molecule has 1 atom stereocenters. The molecule has 0 heterocycles. The van der Waals surface area contributed by atoms with E-state index in [-0.39, 0.29) is 23.1 Å². The Morgan fingerprint density at radius 1 is 1.22 bits per heavy atom. The number of benzene rings is 2. The van der Waals surface area contributed by atoms with E-state index in [1.165, 1.54) is 6.07 Å². The minimum atomic E-state index is -0.498. The number of nitro benzene ring substituents is 1. The van der Waals surface area contributed by atoms with Gasteiger partial charge in [0.05, 0.1) is 11.0 Å². The molecule has 6 heteroatoms. The molecule has 23 heavy (non-hydrogen) atoms. The number of hydrogen-bond donors (Lipinski definition) is 1. The van der Waals surface area contributed by atoms with Crippen molar-refractivity contribution in [2.45, 2.75) is 13.0 Å². The van der Waals surface area contributed by atoms with Crippen LogP contribution in [0, 0.1) is 10.1 Å². The van der Waals surface area contributed by atoms with E-state index in [1.54, 1.807) is 43.5 Å². The number of nitrogens with zero attached hydrogens (tertiary/aromatic N) is 1. The third kappa shape index (κ3) is 4.14. The highest BCUT2D eigenvalue weighted by atomic mass is 16.6. The minimum Gasteiger partial charge on any atom is -0.380 e. The molecular weight excluding hydrogens is 296 g/mol. The fourth-order valence-electron chi connectivity index (χ4n) is 2.07. The van der Waals surface area contributed by atoms with Crippen LogP contribution in [0.4, 0.5) is 11.4 Å². The van der Waals surface area contributed by atoms with Crippen LogP contribution in [0.2, 0.25) is 0 Å². The van der Waals surface area contributed by atoms with Gasteiger partial charge in [0.25, 0.3) is 5.69 Å². The van der Waals surface area contributed by atoms with Gasteiger partial charge in [-0.05, 0) is 19.1 Å². The van der Waals surface area contributed by atoms with Crippen LogP contribution in [0.3, 0.4) is 0 Å². The third-order valence-corrected chi connectivity index (χ3v) is 3.47. The SMILES string of the molecule is COC(C)CNc1ccc(C(=O)c2ccccc2)cc1[N+](=O)[O-]. The number of carbonyl (C=O) groups excluding carboxylic acids is 1. The summed E-state index contributed by atoms with van der Waals surface area (Å²) in [6.07, 6.45) is -0.0831. The van der Waals surface area contributed by atoms with Crippen LogP contribution in [0.15, 0.2) is 48.5 Å². The zero-order chi connectivity index (χ0) is 16.8. The van der Waals surface area contributed by atoms with E-state index < -0.39 is 4.92 Å². The Hall–Kier alpha value is -2.73. The van der Waals surface area contributed by atoms with E-state index in [2.05, 4.69) is 5.32 Å². The van der Waals surface area contributed by atoms with Crippen molar-refractivity contribution in [1.82, 2.24) is 0 Å². The van der Waals surface area contributed by atoms with E-state index >= 15 is 0 Å². The smallest absolute Gasteiger partial charge is 0.293 e. The number of nitrogens with one attached hydrogen (secondary N) is 1. The van der Waals surface area contributed by atoms with Crippen molar-refractivity contribution in [2.75, 3.05) is 19.0 Å². The molecule has 120 valence electrons. The fraction of sp³-hybridized carbons (Fsp3) is 0.235. The Morgan fingerprint density at radius 2 is 1.91 bits per heavy atom. The summed E-state index contributed by atoms with van der Waals surface area (Å²) in [7, 11) is 1.57. The lowest BCUT2D eigenvalue weighted by molar-refractivity contribution is -0.384. The maximum atomic E-state index is 12.4. The molecule has 0 aliphatic heterocycles. The van der Waals surface area contributed by atoms with Crippen molar-refractivity contribution < 1.29 is 14.5 Å². The molecule has 1 unspecified atom stereocenters. The number of ketones is 1. The van der Waals surface area contributed by atoms with Gasteiger partial charge in [-0.2, -0.15) is 0 Å². The molecule has 2 aromatic carbocycles. The molecule has 0 aliphatic rings. The number of carbonyl (C=O) groups is 1. The molecular formula is C17H18N2O4. The summed E-state index contributed by atoms with van der Waals surface area (Å²) in [5.41, 5.74) is 1.02. The van der Waals surface area contributed by atoms with E-state index in [4.69, 9.17) is 4.74 Å². The molecule has 6 nitrogen and oxygen atoms in total. The molecule has 2 aromatic rings. The Labute approximate surface area is 134 Å². The summed E-state index contributed by atoms with van der Waals surface area (Å²) in [4.78, 5) is 23.2. The van der Waals surface area contributed by atoms with Crippen molar-refractivity contribution in [1.29, 1.82) is 0 Å². The highest BCUT2D eigenvalue weighted by molar-refractivity contribution is 6.09. The van der Waals surface area contributed by atoms with Gasteiger partial charge in [0.2, 0.25) is 0 Å². The molecule has 0 radical (unpaired) electrons. The fourth-order valence-corrected chi connectivity index (χ4v) is 2.07. The van der Waals surface area contributed by atoms with Crippen LogP contribution in [0.5, 0.6) is 0 Å². The summed E-state index contributed by atoms with van der Waals surface area (Å²) in [5.74, 6) is -0.245. The standard InChI is InChI=1S/C17H18N2O4/c1-12(23-2)11-18-15-9-8-14(10-16(15)19(21)22)17(20)13-6-4-3-5-7-13/h3-10,12,18H,11H2,1-2H3. The normalized spacial score (nSPS) is 11.7. The van der Waals surface area contributed by atoms with E-state index in [1.807, 2.05) is 13.0 Å². The second-order valence-corrected chi connectivity index (χ2v) is 5.11. The van der Waals surface area contributed by atoms with Gasteiger partial charge < -0.3 is 10.1 Å². The van der Waals surface area contributed by atoms with Crippen LogP contribution in [0.25, 0.3) is 0 Å². The van der Waals surface area contributed by atoms with Gasteiger partial charge in [0.15, 0.2) is 5.78 Å². The Balaban J connectivity index is 2.29. The third-order valence-electron chi connectivity index (χ3n) is 3.47. The maximum Gasteiger partial charge on any atom is 0.293 e. The minimum absolute atomic E-state index is 0.0831. The van der Waals surface area contributed by atoms with Crippen molar-refractivity contribution in [3.05, 3.63) is 69.8 Å². The molecule has 2 rings (SSSR count). The lowest BCUT2D eigenvalue weighted by Crippen LogP contribution is -2.18. The Bertz CT molecular complexity index is 701. The van der Waals surface area contributed by atoms with Crippen molar-refractivity contribution in [3.8, 4) is 0 Å². The number of nitro groups is 1. The summed E-state index contributed by atoms with van der Waals surface area (Å²) in [6, 6.07) is 13.1. The monoisotopic (exact) mass is 314 g/mol. The highest BCUT2D eigenvalue weighted by Gasteiger charge is 2.18. The van der Waals surface area contributed by atoms with Crippen molar-refractivity contribution in [2.24, 2.45) is 0 Å². The van der Waals surface area contributed by atoms with Gasteiger partial charge in [-0.25, -0.2) is 0 Å². The van der Waals surface area contributed by atoms with Gasteiger partial charge in [0.1, 0.15) is 5.69 Å². The lowest BCUT2D eigenvalue weighted by Gasteiger charge is -2.12. The van der Waals surface area contributed by atoms with Crippen LogP contribution in [-0.4, -0.2) is 30.5 Å².